The Morgan fingerprint density at radius 3 is 3.15 bits per heavy atom. The molecule has 0 aliphatic carbocycles. The predicted molar refractivity (Wildman–Crippen MR) is 64.7 cm³/mol. The van der Waals surface area contributed by atoms with Crippen molar-refractivity contribution in [3.05, 3.63) is 16.3 Å². The molecule has 0 saturated carbocycles. The lowest BCUT2D eigenvalue weighted by atomic mass is 10.1. The minimum atomic E-state index is -0.733. The summed E-state index contributed by atoms with van der Waals surface area (Å²) < 4.78 is 9.82. The fourth-order valence-electron chi connectivity index (χ4n) is 1.84. The van der Waals surface area contributed by atoms with Crippen LogP contribution in [-0.2, 0) is 9.53 Å². The largest absolute Gasteiger partial charge is 0.459 e. The first-order valence-corrected chi connectivity index (χ1v) is 5.97. The Hall–Kier alpha value is -2.61. The van der Waals surface area contributed by atoms with Gasteiger partial charge in [-0.25, -0.2) is 4.79 Å². The zero-order valence-electron chi connectivity index (χ0n) is 10.7. The van der Waals surface area contributed by atoms with E-state index in [4.69, 9.17) is 14.7 Å². The van der Waals surface area contributed by atoms with E-state index in [-0.39, 0.29) is 43.3 Å². The molecule has 1 aromatic rings. The molecule has 1 fully saturated rings. The molecule has 1 aliphatic heterocycles. The number of ether oxygens (including phenoxy) is 1. The quantitative estimate of drug-likeness (QED) is 0.340. The van der Waals surface area contributed by atoms with Crippen LogP contribution >= 0.6 is 0 Å². The van der Waals surface area contributed by atoms with Crippen molar-refractivity contribution in [3.8, 4) is 0 Å². The molecule has 106 valence electrons. The van der Waals surface area contributed by atoms with Gasteiger partial charge < -0.3 is 9.15 Å². The minimum Gasteiger partial charge on any atom is -0.459 e. The predicted octanol–water partition coefficient (Wildman–Crippen LogP) is 0.909. The van der Waals surface area contributed by atoms with E-state index in [2.05, 4.69) is 20.2 Å². The van der Waals surface area contributed by atoms with E-state index in [0.717, 1.165) is 0 Å². The second-order valence-corrected chi connectivity index (χ2v) is 4.10. The van der Waals surface area contributed by atoms with Gasteiger partial charge in [0.25, 0.3) is 0 Å². The van der Waals surface area contributed by atoms with Crippen molar-refractivity contribution in [2.45, 2.75) is 13.3 Å². The summed E-state index contributed by atoms with van der Waals surface area (Å²) in [5.74, 6) is -1.35. The standard InChI is InChI=1S/C10H12N6O4/c1-2-19-9(18)8-13-14-10(20-8)16-5-6(3-7(16)17)4-12-15-11/h6H,2-5H2,1H3. The first-order chi connectivity index (χ1) is 9.65. The number of nitrogens with zero attached hydrogens (tertiary/aromatic N) is 6. The number of carbonyl (C=O) groups is 2. The number of hydrogen-bond acceptors (Lipinski definition) is 7. The fourth-order valence-corrected chi connectivity index (χ4v) is 1.84. The summed E-state index contributed by atoms with van der Waals surface area (Å²) in [5, 5.41) is 10.6. The summed E-state index contributed by atoms with van der Waals surface area (Å²) in [7, 11) is 0. The lowest BCUT2D eigenvalue weighted by Gasteiger charge is -2.09. The van der Waals surface area contributed by atoms with Crippen LogP contribution in [0.15, 0.2) is 9.53 Å². The van der Waals surface area contributed by atoms with Gasteiger partial charge >= 0.3 is 17.9 Å². The molecule has 10 nitrogen and oxygen atoms in total. The maximum atomic E-state index is 11.8. The Balaban J connectivity index is 2.06. The SMILES string of the molecule is CCOC(=O)c1nnc(N2CC(CN=[N+]=[N-])CC2=O)o1. The van der Waals surface area contributed by atoms with Gasteiger partial charge in [0.05, 0.1) is 6.61 Å². The molecule has 0 N–H and O–H groups in total. The molecule has 20 heavy (non-hydrogen) atoms. The summed E-state index contributed by atoms with van der Waals surface area (Å²) in [6, 6.07) is -0.0542. The van der Waals surface area contributed by atoms with Gasteiger partial charge in [-0.3, -0.25) is 9.69 Å². The number of carbonyl (C=O) groups excluding carboxylic acids is 2. The van der Waals surface area contributed by atoms with Crippen molar-refractivity contribution in [1.82, 2.24) is 10.2 Å². The molecule has 0 radical (unpaired) electrons. The molecule has 1 amide bonds. The molecule has 1 aromatic heterocycles. The summed E-state index contributed by atoms with van der Waals surface area (Å²) >= 11 is 0. The molecule has 0 aromatic carbocycles. The van der Waals surface area contributed by atoms with Crippen molar-refractivity contribution in [2.75, 3.05) is 24.6 Å². The summed E-state index contributed by atoms with van der Waals surface area (Å²) in [6.07, 6.45) is 0.232. The number of amides is 1. The first kappa shape index (κ1) is 13.8. The van der Waals surface area contributed by atoms with Gasteiger partial charge in [-0.15, -0.1) is 0 Å². The van der Waals surface area contributed by atoms with E-state index >= 15 is 0 Å². The fraction of sp³-hybridized carbons (Fsp3) is 0.600. The molecular weight excluding hydrogens is 268 g/mol. The molecule has 10 heteroatoms. The van der Waals surface area contributed by atoms with E-state index in [1.165, 1.54) is 4.90 Å². The highest BCUT2D eigenvalue weighted by atomic mass is 16.5. The number of aromatic nitrogens is 2. The normalized spacial score (nSPS) is 17.9. The average Bonchev–Trinajstić information content (AvgIpc) is 3.03. The number of anilines is 1. The van der Waals surface area contributed by atoms with E-state index in [1.54, 1.807) is 6.92 Å². The Morgan fingerprint density at radius 1 is 1.65 bits per heavy atom. The Labute approximate surface area is 113 Å². The second kappa shape index (κ2) is 6.02. The topological polar surface area (TPSA) is 134 Å². The van der Waals surface area contributed by atoms with Crippen molar-refractivity contribution in [3.63, 3.8) is 0 Å². The van der Waals surface area contributed by atoms with Gasteiger partial charge in [0.2, 0.25) is 5.91 Å². The monoisotopic (exact) mass is 280 g/mol. The van der Waals surface area contributed by atoms with Gasteiger partial charge in [-0.1, -0.05) is 15.3 Å². The number of esters is 1. The van der Waals surface area contributed by atoms with E-state index in [0.29, 0.717) is 6.54 Å². The first-order valence-electron chi connectivity index (χ1n) is 5.97. The number of azide groups is 1. The van der Waals surface area contributed by atoms with Gasteiger partial charge in [-0.2, -0.15) is 0 Å². The molecule has 2 rings (SSSR count). The van der Waals surface area contributed by atoms with Crippen LogP contribution in [0.1, 0.15) is 24.0 Å². The average molecular weight is 280 g/mol. The van der Waals surface area contributed by atoms with Crippen LogP contribution in [0.5, 0.6) is 0 Å². The van der Waals surface area contributed by atoms with E-state index in [9.17, 15) is 9.59 Å². The van der Waals surface area contributed by atoms with Crippen molar-refractivity contribution in [1.29, 1.82) is 0 Å². The molecular formula is C10H12N6O4. The molecule has 1 atom stereocenters. The van der Waals surface area contributed by atoms with Crippen molar-refractivity contribution < 1.29 is 18.7 Å². The summed E-state index contributed by atoms with van der Waals surface area (Å²) in [5.41, 5.74) is 8.26. The van der Waals surface area contributed by atoms with Crippen LogP contribution in [0.3, 0.4) is 0 Å². The molecule has 1 aliphatic rings. The summed E-state index contributed by atoms with van der Waals surface area (Å²) in [4.78, 5) is 27.1. The lowest BCUT2D eigenvalue weighted by molar-refractivity contribution is -0.117. The minimum absolute atomic E-state index is 0.0542. The van der Waals surface area contributed by atoms with E-state index < -0.39 is 5.97 Å². The van der Waals surface area contributed by atoms with Crippen LogP contribution in [0.4, 0.5) is 6.01 Å². The van der Waals surface area contributed by atoms with Crippen molar-refractivity contribution in [2.24, 2.45) is 11.0 Å². The Kier molecular flexibility index (Phi) is 4.16. The zero-order chi connectivity index (χ0) is 14.5. The Morgan fingerprint density at radius 2 is 2.45 bits per heavy atom. The highest BCUT2D eigenvalue weighted by molar-refractivity contribution is 5.94. The van der Waals surface area contributed by atoms with Gasteiger partial charge in [0.1, 0.15) is 0 Å². The second-order valence-electron chi connectivity index (χ2n) is 4.10. The molecule has 1 unspecified atom stereocenters. The third-order valence-corrected chi connectivity index (χ3v) is 2.70. The van der Waals surface area contributed by atoms with Crippen LogP contribution in [-0.4, -0.2) is 41.8 Å². The van der Waals surface area contributed by atoms with E-state index in [1.807, 2.05) is 0 Å². The highest BCUT2D eigenvalue weighted by Gasteiger charge is 2.34. The van der Waals surface area contributed by atoms with Crippen LogP contribution < -0.4 is 4.90 Å². The Bertz CT molecular complexity index is 564. The lowest BCUT2D eigenvalue weighted by Crippen LogP contribution is -2.25. The zero-order valence-corrected chi connectivity index (χ0v) is 10.7. The molecule has 1 saturated heterocycles. The smallest absolute Gasteiger partial charge is 0.396 e. The van der Waals surface area contributed by atoms with Gasteiger partial charge in [0, 0.05) is 24.4 Å². The highest BCUT2D eigenvalue weighted by Crippen LogP contribution is 2.24. The van der Waals surface area contributed by atoms with Crippen LogP contribution in [0, 0.1) is 5.92 Å². The molecule has 2 heterocycles. The van der Waals surface area contributed by atoms with Crippen LogP contribution in [0.2, 0.25) is 0 Å². The maximum Gasteiger partial charge on any atom is 0.396 e. The number of hydrogen-bond donors (Lipinski definition) is 0. The van der Waals surface area contributed by atoms with Crippen molar-refractivity contribution >= 4 is 17.9 Å². The van der Waals surface area contributed by atoms with Gasteiger partial charge in [-0.05, 0) is 18.4 Å². The third kappa shape index (κ3) is 2.86. The van der Waals surface area contributed by atoms with Crippen LogP contribution in [0.25, 0.3) is 10.4 Å². The molecule has 0 spiro atoms. The van der Waals surface area contributed by atoms with Gasteiger partial charge in [0.15, 0.2) is 0 Å². The third-order valence-electron chi connectivity index (χ3n) is 2.70. The summed E-state index contributed by atoms with van der Waals surface area (Å²) in [6.45, 7) is 2.37. The molecule has 0 bridgehead atoms. The maximum absolute atomic E-state index is 11.8. The number of rotatable bonds is 5.